The van der Waals surface area contributed by atoms with E-state index in [4.69, 9.17) is 0 Å². The van der Waals surface area contributed by atoms with Gasteiger partial charge in [0, 0.05) is 17.8 Å². The Balaban J connectivity index is 1.87. The largest absolute Gasteiger partial charge is 0.352 e. The third-order valence-corrected chi connectivity index (χ3v) is 4.97. The second-order valence-corrected chi connectivity index (χ2v) is 7.26. The summed E-state index contributed by atoms with van der Waals surface area (Å²) in [6, 6.07) is 0.293. The van der Waals surface area contributed by atoms with Gasteiger partial charge < -0.3 is 10.3 Å². The molecule has 0 aliphatic heterocycles. The van der Waals surface area contributed by atoms with E-state index >= 15 is 0 Å². The summed E-state index contributed by atoms with van der Waals surface area (Å²) in [5, 5.41) is 3.33. The molecule has 0 spiro atoms. The lowest BCUT2D eigenvalue weighted by atomic mass is 9.87. The molecule has 0 aromatic carbocycles. The molecular weight excluding hydrogens is 286 g/mol. The Labute approximate surface area is 129 Å². The van der Waals surface area contributed by atoms with Crippen molar-refractivity contribution in [3.63, 3.8) is 0 Å². The van der Waals surface area contributed by atoms with E-state index in [-0.39, 0.29) is 16.7 Å². The first-order valence-corrected chi connectivity index (χ1v) is 8.36. The molecule has 1 aliphatic rings. The molecule has 1 heterocycles. The molecule has 21 heavy (non-hydrogen) atoms. The van der Waals surface area contributed by atoms with Crippen LogP contribution in [0.2, 0.25) is 0 Å². The highest BCUT2D eigenvalue weighted by Gasteiger charge is 2.23. The van der Waals surface area contributed by atoms with Gasteiger partial charge in [-0.1, -0.05) is 18.7 Å². The minimum atomic E-state index is -0.268. The lowest BCUT2D eigenvalue weighted by molar-refractivity contribution is -0.121. The number of carbonyl (C=O) groups is 1. The highest BCUT2D eigenvalue weighted by molar-refractivity contribution is 8.00. The smallest absolute Gasteiger partial charge is 0.254 e. The Morgan fingerprint density at radius 2 is 2.10 bits per heavy atom. The van der Waals surface area contributed by atoms with Crippen LogP contribution >= 0.6 is 11.8 Å². The molecule has 5 nitrogen and oxygen atoms in total. The van der Waals surface area contributed by atoms with Gasteiger partial charge in [0.2, 0.25) is 5.91 Å². The molecule has 1 fully saturated rings. The van der Waals surface area contributed by atoms with E-state index in [1.54, 1.807) is 6.92 Å². The summed E-state index contributed by atoms with van der Waals surface area (Å²) in [6.07, 6.45) is 6.01. The molecule has 1 aromatic heterocycles. The molecule has 116 valence electrons. The molecule has 1 amide bonds. The predicted molar refractivity (Wildman–Crippen MR) is 84.5 cm³/mol. The first-order chi connectivity index (χ1) is 9.95. The number of H-pyrrole nitrogens is 1. The molecule has 1 unspecified atom stereocenters. The van der Waals surface area contributed by atoms with Gasteiger partial charge in [-0.25, -0.2) is 4.98 Å². The molecule has 2 N–H and O–H groups in total. The second kappa shape index (κ2) is 7.11. The lowest BCUT2D eigenvalue weighted by Gasteiger charge is -2.27. The van der Waals surface area contributed by atoms with Crippen molar-refractivity contribution >= 4 is 17.7 Å². The molecule has 1 atom stereocenters. The lowest BCUT2D eigenvalue weighted by Crippen LogP contribution is -2.41. The van der Waals surface area contributed by atoms with Gasteiger partial charge in [-0.05, 0) is 45.4 Å². The monoisotopic (exact) mass is 309 g/mol. The third kappa shape index (κ3) is 4.59. The number of amides is 1. The topological polar surface area (TPSA) is 74.8 Å². The first-order valence-electron chi connectivity index (χ1n) is 7.48. The van der Waals surface area contributed by atoms with Crippen molar-refractivity contribution in [2.45, 2.75) is 62.9 Å². The first kappa shape index (κ1) is 16.1. The van der Waals surface area contributed by atoms with Crippen molar-refractivity contribution in [1.29, 1.82) is 0 Å². The molecule has 6 heteroatoms. The van der Waals surface area contributed by atoms with Gasteiger partial charge in [-0.3, -0.25) is 9.59 Å². The van der Waals surface area contributed by atoms with Gasteiger partial charge >= 0.3 is 0 Å². The maximum absolute atomic E-state index is 12.2. The van der Waals surface area contributed by atoms with Gasteiger partial charge in [-0.2, -0.15) is 0 Å². The van der Waals surface area contributed by atoms with Crippen LogP contribution in [0.5, 0.6) is 0 Å². The van der Waals surface area contributed by atoms with E-state index in [9.17, 15) is 9.59 Å². The highest BCUT2D eigenvalue weighted by atomic mass is 32.2. The van der Waals surface area contributed by atoms with Crippen molar-refractivity contribution in [2.75, 3.05) is 0 Å². The average Bonchev–Trinajstić information content (AvgIpc) is 2.45. The van der Waals surface area contributed by atoms with Crippen LogP contribution in [0.1, 0.15) is 45.1 Å². The molecule has 1 saturated carbocycles. The summed E-state index contributed by atoms with van der Waals surface area (Å²) >= 11 is 1.28. The fraction of sp³-hybridized carbons (Fsp3) is 0.667. The van der Waals surface area contributed by atoms with E-state index in [0.717, 1.165) is 18.8 Å². The summed E-state index contributed by atoms with van der Waals surface area (Å²) in [5.41, 5.74) is 0.425. The molecule has 2 rings (SSSR count). The molecular formula is C15H23N3O2S. The Morgan fingerprint density at radius 1 is 1.43 bits per heavy atom. The van der Waals surface area contributed by atoms with Crippen LogP contribution in [0.4, 0.5) is 0 Å². The minimum Gasteiger partial charge on any atom is -0.352 e. The fourth-order valence-electron chi connectivity index (χ4n) is 2.45. The van der Waals surface area contributed by atoms with Gasteiger partial charge in [0.25, 0.3) is 5.56 Å². The average molecular weight is 309 g/mol. The quantitative estimate of drug-likeness (QED) is 0.661. The van der Waals surface area contributed by atoms with Crippen LogP contribution in [-0.2, 0) is 4.79 Å². The minimum absolute atomic E-state index is 0.0165. The van der Waals surface area contributed by atoms with Gasteiger partial charge in [0.05, 0.1) is 5.25 Å². The van der Waals surface area contributed by atoms with E-state index in [2.05, 4.69) is 22.2 Å². The van der Waals surface area contributed by atoms with Gasteiger partial charge in [0.15, 0.2) is 5.16 Å². The number of aryl methyl sites for hydroxylation is 1. The van der Waals surface area contributed by atoms with Crippen LogP contribution in [0, 0.1) is 12.8 Å². The Hall–Kier alpha value is -1.30. The number of hydrogen-bond donors (Lipinski definition) is 2. The number of hydrogen-bond acceptors (Lipinski definition) is 4. The van der Waals surface area contributed by atoms with Crippen LogP contribution in [0.3, 0.4) is 0 Å². The van der Waals surface area contributed by atoms with E-state index in [1.165, 1.54) is 30.8 Å². The summed E-state index contributed by atoms with van der Waals surface area (Å²) in [7, 11) is 0. The third-order valence-electron chi connectivity index (χ3n) is 3.97. The molecule has 1 aromatic rings. The number of carbonyl (C=O) groups excluding carboxylic acids is 1. The SMILES string of the molecule is Cc1cnc(SC(C)C(=O)NC2CCC(C)CC2)[nH]c1=O. The van der Waals surface area contributed by atoms with Crippen LogP contribution in [0.25, 0.3) is 0 Å². The number of nitrogens with zero attached hydrogens (tertiary/aromatic N) is 1. The Bertz CT molecular complexity index is 550. The zero-order valence-corrected chi connectivity index (χ0v) is 13.6. The molecule has 0 saturated heterocycles. The number of aromatic nitrogens is 2. The highest BCUT2D eigenvalue weighted by Crippen LogP contribution is 2.24. The summed E-state index contributed by atoms with van der Waals surface area (Å²) < 4.78 is 0. The molecule has 0 radical (unpaired) electrons. The Morgan fingerprint density at radius 3 is 2.71 bits per heavy atom. The van der Waals surface area contributed by atoms with Crippen molar-refractivity contribution in [1.82, 2.24) is 15.3 Å². The molecule has 0 bridgehead atoms. The summed E-state index contributed by atoms with van der Waals surface area (Å²) in [6.45, 7) is 5.81. The van der Waals surface area contributed by atoms with Gasteiger partial charge in [-0.15, -0.1) is 0 Å². The van der Waals surface area contributed by atoms with E-state index < -0.39 is 0 Å². The van der Waals surface area contributed by atoms with Gasteiger partial charge in [0.1, 0.15) is 0 Å². The van der Waals surface area contributed by atoms with Crippen LogP contribution in [0.15, 0.2) is 16.1 Å². The Kier molecular flexibility index (Phi) is 5.45. The van der Waals surface area contributed by atoms with E-state index in [1.807, 2.05) is 6.92 Å². The maximum atomic E-state index is 12.2. The maximum Gasteiger partial charge on any atom is 0.254 e. The number of nitrogens with one attached hydrogen (secondary N) is 2. The number of aromatic amines is 1. The van der Waals surface area contributed by atoms with Crippen molar-refractivity contribution in [2.24, 2.45) is 5.92 Å². The number of thioether (sulfide) groups is 1. The van der Waals surface area contributed by atoms with Crippen LogP contribution in [-0.4, -0.2) is 27.2 Å². The zero-order chi connectivity index (χ0) is 15.4. The van der Waals surface area contributed by atoms with Crippen LogP contribution < -0.4 is 10.9 Å². The fourth-order valence-corrected chi connectivity index (χ4v) is 3.22. The van der Waals surface area contributed by atoms with E-state index in [0.29, 0.717) is 16.8 Å². The standard InChI is InChI=1S/C15H23N3O2S/c1-9-4-6-12(7-5-9)17-14(20)11(3)21-15-16-8-10(2)13(19)18-15/h8-9,11-12H,4-7H2,1-3H3,(H,17,20)(H,16,18,19). The predicted octanol–water partition coefficient (Wildman–Crippen LogP) is 2.25. The summed E-state index contributed by atoms with van der Waals surface area (Å²) in [4.78, 5) is 30.6. The number of rotatable bonds is 4. The zero-order valence-electron chi connectivity index (χ0n) is 12.8. The van der Waals surface area contributed by atoms with Crippen molar-refractivity contribution in [3.8, 4) is 0 Å². The second-order valence-electron chi connectivity index (χ2n) is 5.93. The normalized spacial score (nSPS) is 23.6. The molecule has 1 aliphatic carbocycles. The van der Waals surface area contributed by atoms with Crippen molar-refractivity contribution < 1.29 is 4.79 Å². The summed E-state index contributed by atoms with van der Waals surface area (Å²) in [5.74, 6) is 0.787. The van der Waals surface area contributed by atoms with Crippen molar-refractivity contribution in [3.05, 3.63) is 22.1 Å².